The van der Waals surface area contributed by atoms with Crippen molar-refractivity contribution in [3.05, 3.63) is 34.3 Å². The van der Waals surface area contributed by atoms with Crippen LogP contribution in [-0.4, -0.2) is 24.6 Å². The summed E-state index contributed by atoms with van der Waals surface area (Å²) in [5.74, 6) is 2.46. The van der Waals surface area contributed by atoms with Gasteiger partial charge in [0, 0.05) is 16.3 Å². The molecule has 0 heterocycles. The molecule has 0 radical (unpaired) electrons. The van der Waals surface area contributed by atoms with E-state index in [1.165, 1.54) is 23.5 Å². The number of rotatable bonds is 7. The normalized spacial score (nSPS) is 12.7. The molecule has 3 heteroatoms. The summed E-state index contributed by atoms with van der Waals surface area (Å²) in [5, 5.41) is 3.39. The SMILES string of the molecule is CCCSCC(Cc1ccc(Br)cc1)NC. The van der Waals surface area contributed by atoms with Gasteiger partial charge in [-0.3, -0.25) is 0 Å². The third kappa shape index (κ3) is 5.37. The van der Waals surface area contributed by atoms with E-state index in [-0.39, 0.29) is 0 Å². The van der Waals surface area contributed by atoms with Crippen LogP contribution in [-0.2, 0) is 6.42 Å². The van der Waals surface area contributed by atoms with Gasteiger partial charge in [0.2, 0.25) is 0 Å². The van der Waals surface area contributed by atoms with Crippen molar-refractivity contribution in [2.75, 3.05) is 18.6 Å². The molecule has 1 rings (SSSR count). The van der Waals surface area contributed by atoms with Crippen LogP contribution >= 0.6 is 27.7 Å². The molecular weight excluding hydrogens is 282 g/mol. The van der Waals surface area contributed by atoms with Crippen LogP contribution in [0, 0.1) is 0 Å². The highest BCUT2D eigenvalue weighted by Gasteiger charge is 2.06. The second-order valence-electron chi connectivity index (χ2n) is 3.89. The summed E-state index contributed by atoms with van der Waals surface area (Å²) in [4.78, 5) is 0. The van der Waals surface area contributed by atoms with Crippen LogP contribution in [0.15, 0.2) is 28.7 Å². The molecule has 0 aliphatic carbocycles. The van der Waals surface area contributed by atoms with Crippen LogP contribution in [0.3, 0.4) is 0 Å². The van der Waals surface area contributed by atoms with Crippen LogP contribution in [0.5, 0.6) is 0 Å². The number of hydrogen-bond donors (Lipinski definition) is 1. The highest BCUT2D eigenvalue weighted by molar-refractivity contribution is 9.10. The first-order valence-corrected chi connectivity index (χ1v) is 7.70. The number of hydrogen-bond acceptors (Lipinski definition) is 2. The van der Waals surface area contributed by atoms with E-state index in [0.717, 1.165) is 10.9 Å². The number of thioether (sulfide) groups is 1. The maximum Gasteiger partial charge on any atom is 0.0195 e. The molecule has 0 spiro atoms. The van der Waals surface area contributed by atoms with Gasteiger partial charge in [-0.25, -0.2) is 0 Å². The Hall–Kier alpha value is 0.01000. The van der Waals surface area contributed by atoms with Crippen LogP contribution in [0.25, 0.3) is 0 Å². The molecule has 0 fully saturated rings. The van der Waals surface area contributed by atoms with Crippen LogP contribution < -0.4 is 5.32 Å². The van der Waals surface area contributed by atoms with Crippen molar-refractivity contribution in [3.8, 4) is 0 Å². The number of benzene rings is 1. The van der Waals surface area contributed by atoms with E-state index >= 15 is 0 Å². The average Bonchev–Trinajstić information content (AvgIpc) is 2.31. The molecule has 0 saturated carbocycles. The number of nitrogens with one attached hydrogen (secondary N) is 1. The zero-order chi connectivity index (χ0) is 11.8. The highest BCUT2D eigenvalue weighted by atomic mass is 79.9. The minimum absolute atomic E-state index is 0.581. The van der Waals surface area contributed by atoms with Gasteiger partial charge in [0.15, 0.2) is 0 Å². The van der Waals surface area contributed by atoms with Gasteiger partial charge < -0.3 is 5.32 Å². The van der Waals surface area contributed by atoms with Gasteiger partial charge in [0.05, 0.1) is 0 Å². The minimum Gasteiger partial charge on any atom is -0.316 e. The maximum atomic E-state index is 3.46. The molecule has 0 bridgehead atoms. The fraction of sp³-hybridized carbons (Fsp3) is 0.538. The van der Waals surface area contributed by atoms with E-state index in [2.05, 4.69) is 59.5 Å². The summed E-state index contributed by atoms with van der Waals surface area (Å²) in [6, 6.07) is 9.19. The van der Waals surface area contributed by atoms with Gasteiger partial charge in [-0.1, -0.05) is 35.0 Å². The Morgan fingerprint density at radius 1 is 1.31 bits per heavy atom. The monoisotopic (exact) mass is 301 g/mol. The molecule has 1 unspecified atom stereocenters. The lowest BCUT2D eigenvalue weighted by atomic mass is 10.1. The average molecular weight is 302 g/mol. The molecule has 0 amide bonds. The molecule has 16 heavy (non-hydrogen) atoms. The summed E-state index contributed by atoms with van der Waals surface area (Å²) in [5.41, 5.74) is 1.40. The Morgan fingerprint density at radius 2 is 2.00 bits per heavy atom. The van der Waals surface area contributed by atoms with Crippen molar-refractivity contribution in [2.45, 2.75) is 25.8 Å². The summed E-state index contributed by atoms with van der Waals surface area (Å²) >= 11 is 5.50. The molecule has 1 aromatic rings. The maximum absolute atomic E-state index is 3.46. The van der Waals surface area contributed by atoms with Crippen LogP contribution in [0.1, 0.15) is 18.9 Å². The molecule has 0 aliphatic rings. The van der Waals surface area contributed by atoms with Crippen molar-refractivity contribution < 1.29 is 0 Å². The molecule has 1 nitrogen and oxygen atoms in total. The predicted octanol–water partition coefficient (Wildman–Crippen LogP) is 3.72. The Kier molecular flexibility index (Phi) is 7.17. The zero-order valence-corrected chi connectivity index (χ0v) is 12.4. The molecule has 1 N–H and O–H groups in total. The van der Waals surface area contributed by atoms with E-state index in [1.807, 2.05) is 11.8 Å². The van der Waals surface area contributed by atoms with Gasteiger partial charge in [0.25, 0.3) is 0 Å². The number of halogens is 1. The Morgan fingerprint density at radius 3 is 2.56 bits per heavy atom. The van der Waals surface area contributed by atoms with E-state index in [1.54, 1.807) is 0 Å². The van der Waals surface area contributed by atoms with Gasteiger partial charge in [-0.05, 0) is 43.3 Å². The molecule has 1 aromatic carbocycles. The lowest BCUT2D eigenvalue weighted by Crippen LogP contribution is -2.30. The van der Waals surface area contributed by atoms with Crippen molar-refractivity contribution in [2.24, 2.45) is 0 Å². The first-order chi connectivity index (χ1) is 7.76. The van der Waals surface area contributed by atoms with E-state index in [4.69, 9.17) is 0 Å². The molecule has 1 atom stereocenters. The Bertz CT molecular complexity index is 286. The fourth-order valence-electron chi connectivity index (χ4n) is 1.52. The second kappa shape index (κ2) is 8.15. The molecule has 90 valence electrons. The van der Waals surface area contributed by atoms with Gasteiger partial charge >= 0.3 is 0 Å². The molecule has 0 aliphatic heterocycles. The molecular formula is C13H20BrNS. The third-order valence-electron chi connectivity index (χ3n) is 2.47. The van der Waals surface area contributed by atoms with Crippen LogP contribution in [0.2, 0.25) is 0 Å². The summed E-state index contributed by atoms with van der Waals surface area (Å²) in [6.07, 6.45) is 2.37. The smallest absolute Gasteiger partial charge is 0.0195 e. The standard InChI is InChI=1S/C13H20BrNS/c1-3-8-16-10-13(15-2)9-11-4-6-12(14)7-5-11/h4-7,13,15H,3,8-10H2,1-2H3. The Labute approximate surface area is 112 Å². The van der Waals surface area contributed by atoms with Gasteiger partial charge in [0.1, 0.15) is 0 Å². The van der Waals surface area contributed by atoms with Crippen molar-refractivity contribution >= 4 is 27.7 Å². The summed E-state index contributed by atoms with van der Waals surface area (Å²) in [6.45, 7) is 2.23. The third-order valence-corrected chi connectivity index (χ3v) is 4.33. The van der Waals surface area contributed by atoms with E-state index in [9.17, 15) is 0 Å². The Balaban J connectivity index is 2.40. The first-order valence-electron chi connectivity index (χ1n) is 5.75. The largest absolute Gasteiger partial charge is 0.316 e. The lowest BCUT2D eigenvalue weighted by Gasteiger charge is -2.15. The van der Waals surface area contributed by atoms with Gasteiger partial charge in [-0.2, -0.15) is 11.8 Å². The topological polar surface area (TPSA) is 12.0 Å². The fourth-order valence-corrected chi connectivity index (χ4v) is 2.81. The first kappa shape index (κ1) is 14.1. The lowest BCUT2D eigenvalue weighted by molar-refractivity contribution is 0.617. The molecule has 0 saturated heterocycles. The quantitative estimate of drug-likeness (QED) is 0.770. The summed E-state index contributed by atoms with van der Waals surface area (Å²) in [7, 11) is 2.05. The minimum atomic E-state index is 0.581. The zero-order valence-electron chi connectivity index (χ0n) is 10.0. The second-order valence-corrected chi connectivity index (χ2v) is 5.96. The van der Waals surface area contributed by atoms with Crippen LogP contribution in [0.4, 0.5) is 0 Å². The molecule has 0 aromatic heterocycles. The van der Waals surface area contributed by atoms with Crippen molar-refractivity contribution in [1.82, 2.24) is 5.32 Å². The van der Waals surface area contributed by atoms with E-state index < -0.39 is 0 Å². The van der Waals surface area contributed by atoms with Crippen molar-refractivity contribution in [3.63, 3.8) is 0 Å². The highest BCUT2D eigenvalue weighted by Crippen LogP contribution is 2.13. The van der Waals surface area contributed by atoms with Crippen molar-refractivity contribution in [1.29, 1.82) is 0 Å². The summed E-state index contributed by atoms with van der Waals surface area (Å²) < 4.78 is 1.15. The van der Waals surface area contributed by atoms with Gasteiger partial charge in [-0.15, -0.1) is 0 Å². The van der Waals surface area contributed by atoms with E-state index in [0.29, 0.717) is 6.04 Å². The predicted molar refractivity (Wildman–Crippen MR) is 78.3 cm³/mol. The number of likely N-dealkylation sites (N-methyl/N-ethyl adjacent to an activating group) is 1.